The Morgan fingerprint density at radius 3 is 2.33 bits per heavy atom. The molecule has 0 saturated heterocycles. The first kappa shape index (κ1) is 15.8. The van der Waals surface area contributed by atoms with Gasteiger partial charge in [-0.15, -0.1) is 0 Å². The Labute approximate surface area is 127 Å². The van der Waals surface area contributed by atoms with Gasteiger partial charge in [0.1, 0.15) is 5.82 Å². The smallest absolute Gasteiger partial charge is 0.242 e. The maximum atomic E-state index is 13.6. The number of hydrogen-bond donors (Lipinski definition) is 1. The van der Waals surface area contributed by atoms with E-state index in [1.54, 1.807) is 24.3 Å². The molecule has 0 aliphatic rings. The van der Waals surface area contributed by atoms with Crippen molar-refractivity contribution in [2.45, 2.75) is 14.7 Å². The fourth-order valence-electron chi connectivity index (χ4n) is 1.64. The molecular weight excluding hydrogens is 311 g/mol. The summed E-state index contributed by atoms with van der Waals surface area (Å²) in [5, 5.41) is 0. The van der Waals surface area contributed by atoms with Crippen LogP contribution in [0.15, 0.2) is 57.2 Å². The summed E-state index contributed by atoms with van der Waals surface area (Å²) >= 11 is 1.16. The molecule has 0 unspecified atom stereocenters. The second-order valence-corrected chi connectivity index (χ2v) is 7.76. The molecule has 0 radical (unpaired) electrons. The van der Waals surface area contributed by atoms with Crippen molar-refractivity contribution in [1.82, 2.24) is 4.31 Å². The van der Waals surface area contributed by atoms with Gasteiger partial charge < -0.3 is 5.73 Å². The average Bonchev–Trinajstić information content (AvgIpc) is 2.43. The monoisotopic (exact) mass is 326 g/mol. The molecule has 112 valence electrons. The van der Waals surface area contributed by atoms with Crippen molar-refractivity contribution in [3.05, 3.63) is 48.3 Å². The molecule has 0 aliphatic carbocycles. The van der Waals surface area contributed by atoms with Crippen molar-refractivity contribution in [2.75, 3.05) is 19.8 Å². The minimum atomic E-state index is -3.53. The second kappa shape index (κ2) is 6.05. The fraction of sp³-hybridized carbons (Fsp3) is 0.143. The van der Waals surface area contributed by atoms with Gasteiger partial charge in [0, 0.05) is 29.6 Å². The van der Waals surface area contributed by atoms with E-state index in [0.717, 1.165) is 16.1 Å². The zero-order valence-corrected chi connectivity index (χ0v) is 13.2. The molecule has 4 nitrogen and oxygen atoms in total. The van der Waals surface area contributed by atoms with Gasteiger partial charge in [0.2, 0.25) is 10.0 Å². The average molecular weight is 326 g/mol. The Morgan fingerprint density at radius 1 is 1.10 bits per heavy atom. The van der Waals surface area contributed by atoms with Crippen molar-refractivity contribution in [3.63, 3.8) is 0 Å². The minimum absolute atomic E-state index is 0.114. The van der Waals surface area contributed by atoms with E-state index < -0.39 is 10.0 Å². The molecule has 0 spiro atoms. The molecule has 2 N–H and O–H groups in total. The van der Waals surface area contributed by atoms with E-state index in [4.69, 9.17) is 5.73 Å². The van der Waals surface area contributed by atoms with E-state index in [-0.39, 0.29) is 10.7 Å². The Bertz CT molecular complexity index is 761. The molecule has 0 saturated carbocycles. The minimum Gasteiger partial charge on any atom is -0.398 e. The van der Waals surface area contributed by atoms with Crippen molar-refractivity contribution in [2.24, 2.45) is 0 Å². The summed E-state index contributed by atoms with van der Waals surface area (Å²) in [6.45, 7) is 0. The highest BCUT2D eigenvalue weighted by atomic mass is 32.2. The van der Waals surface area contributed by atoms with Crippen molar-refractivity contribution in [3.8, 4) is 0 Å². The van der Waals surface area contributed by atoms with Crippen molar-refractivity contribution < 1.29 is 12.8 Å². The summed E-state index contributed by atoms with van der Waals surface area (Å²) in [5.74, 6) is -0.341. The summed E-state index contributed by atoms with van der Waals surface area (Å²) in [6, 6.07) is 10.8. The number of anilines is 1. The van der Waals surface area contributed by atoms with E-state index in [1.807, 2.05) is 0 Å². The van der Waals surface area contributed by atoms with E-state index in [0.29, 0.717) is 15.5 Å². The second-order valence-electron chi connectivity index (χ2n) is 4.52. The first-order valence-electron chi connectivity index (χ1n) is 6.07. The standard InChI is InChI=1S/C14H15FN2O2S2/c1-17(2)21(18,19)10-7-8-14(12(16)9-10)20-13-6-4-3-5-11(13)15/h3-9H,16H2,1-2H3. The lowest BCUT2D eigenvalue weighted by Crippen LogP contribution is -2.22. The van der Waals surface area contributed by atoms with Crippen molar-refractivity contribution in [1.29, 1.82) is 0 Å². The number of nitrogens with two attached hydrogens (primary N) is 1. The van der Waals surface area contributed by atoms with Crippen LogP contribution in [0.5, 0.6) is 0 Å². The Balaban J connectivity index is 2.35. The van der Waals surface area contributed by atoms with E-state index in [1.165, 1.54) is 32.3 Å². The number of hydrogen-bond acceptors (Lipinski definition) is 4. The third kappa shape index (κ3) is 3.37. The van der Waals surface area contributed by atoms with Crippen LogP contribution in [0.4, 0.5) is 10.1 Å². The number of benzene rings is 2. The molecule has 21 heavy (non-hydrogen) atoms. The van der Waals surface area contributed by atoms with Gasteiger partial charge in [0.15, 0.2) is 0 Å². The Morgan fingerprint density at radius 2 is 1.76 bits per heavy atom. The molecule has 0 atom stereocenters. The highest BCUT2D eigenvalue weighted by Crippen LogP contribution is 2.34. The highest BCUT2D eigenvalue weighted by Gasteiger charge is 2.18. The summed E-state index contributed by atoms with van der Waals surface area (Å²) in [7, 11) is -0.623. The number of sulfonamides is 1. The molecule has 0 aliphatic heterocycles. The normalized spacial score (nSPS) is 11.8. The first-order valence-corrected chi connectivity index (χ1v) is 8.32. The summed E-state index contributed by atoms with van der Waals surface area (Å²) in [6.07, 6.45) is 0. The quantitative estimate of drug-likeness (QED) is 0.878. The van der Waals surface area contributed by atoms with E-state index in [2.05, 4.69) is 0 Å². The molecule has 0 amide bonds. The highest BCUT2D eigenvalue weighted by molar-refractivity contribution is 7.99. The number of nitrogen functional groups attached to an aromatic ring is 1. The summed E-state index contributed by atoms with van der Waals surface area (Å²) < 4.78 is 38.8. The topological polar surface area (TPSA) is 63.4 Å². The van der Waals surface area contributed by atoms with Gasteiger partial charge in [-0.1, -0.05) is 23.9 Å². The third-order valence-corrected chi connectivity index (χ3v) is 5.77. The molecule has 2 rings (SSSR count). The maximum Gasteiger partial charge on any atom is 0.242 e. The number of rotatable bonds is 4. The lowest BCUT2D eigenvalue weighted by Gasteiger charge is -2.13. The third-order valence-electron chi connectivity index (χ3n) is 2.82. The Kier molecular flexibility index (Phi) is 4.55. The molecule has 0 aromatic heterocycles. The van der Waals surface area contributed by atoms with Gasteiger partial charge in [0.25, 0.3) is 0 Å². The van der Waals surface area contributed by atoms with Crippen molar-refractivity contribution >= 4 is 27.5 Å². The largest absolute Gasteiger partial charge is 0.398 e. The summed E-state index contributed by atoms with van der Waals surface area (Å²) in [5.41, 5.74) is 6.19. The van der Waals surface area contributed by atoms with Crippen LogP contribution in [-0.4, -0.2) is 26.8 Å². The number of halogens is 1. The molecule has 2 aromatic carbocycles. The molecule has 0 heterocycles. The van der Waals surface area contributed by atoms with Crippen LogP contribution in [0.3, 0.4) is 0 Å². The van der Waals surface area contributed by atoms with Crippen LogP contribution in [0.2, 0.25) is 0 Å². The number of nitrogens with zero attached hydrogens (tertiary/aromatic N) is 1. The van der Waals surface area contributed by atoms with Crippen LogP contribution >= 0.6 is 11.8 Å². The van der Waals surface area contributed by atoms with Gasteiger partial charge in [-0.2, -0.15) is 0 Å². The van der Waals surface area contributed by atoms with Crippen LogP contribution in [0, 0.1) is 5.82 Å². The van der Waals surface area contributed by atoms with Gasteiger partial charge in [-0.25, -0.2) is 17.1 Å². The van der Waals surface area contributed by atoms with Gasteiger partial charge in [-0.3, -0.25) is 0 Å². The van der Waals surface area contributed by atoms with Gasteiger partial charge in [0.05, 0.1) is 4.90 Å². The molecule has 0 fully saturated rings. The molecule has 0 bridgehead atoms. The van der Waals surface area contributed by atoms with E-state index in [9.17, 15) is 12.8 Å². The molecule has 2 aromatic rings. The van der Waals surface area contributed by atoms with Gasteiger partial charge in [-0.05, 0) is 30.3 Å². The zero-order valence-electron chi connectivity index (χ0n) is 11.6. The maximum absolute atomic E-state index is 13.6. The predicted molar refractivity (Wildman–Crippen MR) is 82.3 cm³/mol. The predicted octanol–water partition coefficient (Wildman–Crippen LogP) is 2.81. The van der Waals surface area contributed by atoms with Crippen LogP contribution in [0.25, 0.3) is 0 Å². The lowest BCUT2D eigenvalue weighted by atomic mass is 10.3. The van der Waals surface area contributed by atoms with Gasteiger partial charge >= 0.3 is 0 Å². The lowest BCUT2D eigenvalue weighted by molar-refractivity contribution is 0.520. The molecule has 7 heteroatoms. The molecular formula is C14H15FN2O2S2. The van der Waals surface area contributed by atoms with Crippen LogP contribution < -0.4 is 5.73 Å². The fourth-order valence-corrected chi connectivity index (χ4v) is 3.44. The SMILES string of the molecule is CN(C)S(=O)(=O)c1ccc(Sc2ccccc2F)c(N)c1. The van der Waals surface area contributed by atoms with Crippen LogP contribution in [-0.2, 0) is 10.0 Å². The van der Waals surface area contributed by atoms with Crippen LogP contribution in [0.1, 0.15) is 0 Å². The Hall–Kier alpha value is -1.57. The van der Waals surface area contributed by atoms with E-state index >= 15 is 0 Å². The first-order chi connectivity index (χ1) is 9.82. The zero-order chi connectivity index (χ0) is 15.6. The summed E-state index contributed by atoms with van der Waals surface area (Å²) in [4.78, 5) is 1.16.